The van der Waals surface area contributed by atoms with E-state index < -0.39 is 0 Å². The maximum atomic E-state index is 13.0. The summed E-state index contributed by atoms with van der Waals surface area (Å²) in [7, 11) is 1.90. The van der Waals surface area contributed by atoms with Crippen molar-refractivity contribution in [2.24, 2.45) is 11.3 Å². The molecule has 1 amide bonds. The third-order valence-corrected chi connectivity index (χ3v) is 6.46. The van der Waals surface area contributed by atoms with Crippen LogP contribution in [0.1, 0.15) is 67.2 Å². The van der Waals surface area contributed by atoms with Gasteiger partial charge < -0.3 is 15.0 Å². The SMILES string of the molecule is CN(C(=O)c1ccc(OCC2CC2)cn1)C1CCc2cc(CNCC(C)(C)C)ccc2C1. The second-order valence-corrected chi connectivity index (χ2v) is 10.7. The summed E-state index contributed by atoms with van der Waals surface area (Å²) in [5.74, 6) is 1.43. The van der Waals surface area contributed by atoms with Crippen LogP contribution in [0.15, 0.2) is 36.5 Å². The number of aryl methyl sites for hydroxylation is 1. The highest BCUT2D eigenvalue weighted by atomic mass is 16.5. The van der Waals surface area contributed by atoms with E-state index in [0.717, 1.165) is 44.7 Å². The number of aromatic nitrogens is 1. The fourth-order valence-corrected chi connectivity index (χ4v) is 4.25. The Kier molecular flexibility index (Phi) is 6.85. The van der Waals surface area contributed by atoms with Crippen LogP contribution in [-0.4, -0.2) is 42.0 Å². The molecule has 0 bridgehead atoms. The molecule has 1 N–H and O–H groups in total. The van der Waals surface area contributed by atoms with Crippen molar-refractivity contribution in [3.05, 3.63) is 58.9 Å². The van der Waals surface area contributed by atoms with Gasteiger partial charge in [0.2, 0.25) is 0 Å². The van der Waals surface area contributed by atoms with Gasteiger partial charge in [0.05, 0.1) is 12.8 Å². The van der Waals surface area contributed by atoms with Crippen LogP contribution in [0.2, 0.25) is 0 Å². The lowest BCUT2D eigenvalue weighted by molar-refractivity contribution is 0.0713. The molecule has 1 saturated carbocycles. The second-order valence-electron chi connectivity index (χ2n) is 10.7. The predicted octanol–water partition coefficient (Wildman–Crippen LogP) is 4.64. The van der Waals surface area contributed by atoms with Gasteiger partial charge >= 0.3 is 0 Å². The van der Waals surface area contributed by atoms with Gasteiger partial charge in [-0.15, -0.1) is 0 Å². The number of ether oxygens (including phenoxy) is 1. The van der Waals surface area contributed by atoms with Crippen molar-refractivity contribution in [2.45, 2.75) is 65.5 Å². The van der Waals surface area contributed by atoms with Crippen molar-refractivity contribution in [1.82, 2.24) is 15.2 Å². The molecular weight excluding hydrogens is 398 g/mol. The van der Waals surface area contributed by atoms with Gasteiger partial charge in [0.15, 0.2) is 0 Å². The third kappa shape index (κ3) is 6.10. The molecule has 1 atom stereocenters. The molecule has 1 fully saturated rings. The summed E-state index contributed by atoms with van der Waals surface area (Å²) in [6.07, 6.45) is 7.08. The maximum Gasteiger partial charge on any atom is 0.272 e. The lowest BCUT2D eigenvalue weighted by Gasteiger charge is -2.32. The van der Waals surface area contributed by atoms with E-state index in [9.17, 15) is 4.79 Å². The average molecular weight is 436 g/mol. The fraction of sp³-hybridized carbons (Fsp3) is 0.556. The second kappa shape index (κ2) is 9.62. The third-order valence-electron chi connectivity index (χ3n) is 6.46. The minimum atomic E-state index is -0.0183. The van der Waals surface area contributed by atoms with Crippen LogP contribution < -0.4 is 10.1 Å². The van der Waals surface area contributed by atoms with Crippen LogP contribution in [0.4, 0.5) is 0 Å². The van der Waals surface area contributed by atoms with Crippen LogP contribution in [0, 0.1) is 11.3 Å². The molecule has 1 unspecified atom stereocenters. The molecule has 1 aromatic carbocycles. The number of carbonyl (C=O) groups is 1. The number of rotatable bonds is 8. The maximum absolute atomic E-state index is 13.0. The number of likely N-dealkylation sites (N-methyl/N-ethyl adjacent to an activating group) is 1. The summed E-state index contributed by atoms with van der Waals surface area (Å²) >= 11 is 0. The lowest BCUT2D eigenvalue weighted by atomic mass is 9.86. The molecule has 1 heterocycles. The number of amides is 1. The summed E-state index contributed by atoms with van der Waals surface area (Å²) in [5.41, 5.74) is 4.89. The largest absolute Gasteiger partial charge is 0.492 e. The first-order chi connectivity index (χ1) is 15.3. The molecular formula is C27H37N3O2. The normalized spacial score (nSPS) is 18.2. The van der Waals surface area contributed by atoms with Crippen molar-refractivity contribution >= 4 is 5.91 Å². The predicted molar refractivity (Wildman–Crippen MR) is 128 cm³/mol. The molecule has 32 heavy (non-hydrogen) atoms. The highest BCUT2D eigenvalue weighted by Crippen LogP contribution is 2.29. The van der Waals surface area contributed by atoms with Gasteiger partial charge in [-0.25, -0.2) is 4.98 Å². The Hall–Kier alpha value is -2.40. The highest BCUT2D eigenvalue weighted by Gasteiger charge is 2.27. The monoisotopic (exact) mass is 435 g/mol. The molecule has 2 aliphatic carbocycles. The quantitative estimate of drug-likeness (QED) is 0.657. The Bertz CT molecular complexity index is 929. The van der Waals surface area contributed by atoms with E-state index in [1.165, 1.54) is 29.5 Å². The molecule has 0 radical (unpaired) electrons. The Balaban J connectivity index is 1.32. The van der Waals surface area contributed by atoms with E-state index in [1.807, 2.05) is 18.0 Å². The standard InChI is InChI=1S/C27H37N3O2/c1-27(2,3)18-28-15-20-7-8-22-14-23(10-9-21(22)13-20)30(4)26(31)25-12-11-24(16-29-25)32-17-19-5-6-19/h7-8,11-13,16,19,23,28H,5-6,9-10,14-15,17-18H2,1-4H3. The Morgan fingerprint density at radius 1 is 1.16 bits per heavy atom. The van der Waals surface area contributed by atoms with Crippen molar-refractivity contribution in [1.29, 1.82) is 0 Å². The number of pyridine rings is 1. The Labute approximate surface area is 192 Å². The van der Waals surface area contributed by atoms with Gasteiger partial charge in [-0.2, -0.15) is 0 Å². The van der Waals surface area contributed by atoms with E-state index in [2.05, 4.69) is 49.3 Å². The minimum absolute atomic E-state index is 0.0183. The van der Waals surface area contributed by atoms with Crippen molar-refractivity contribution < 1.29 is 9.53 Å². The molecule has 4 rings (SSSR count). The number of hydrogen-bond acceptors (Lipinski definition) is 4. The van der Waals surface area contributed by atoms with Gasteiger partial charge in [-0.3, -0.25) is 4.79 Å². The zero-order valence-electron chi connectivity index (χ0n) is 20.0. The average Bonchev–Trinajstić information content (AvgIpc) is 3.60. The fourth-order valence-electron chi connectivity index (χ4n) is 4.25. The number of fused-ring (bicyclic) bond motifs is 1. The smallest absolute Gasteiger partial charge is 0.272 e. The zero-order chi connectivity index (χ0) is 22.7. The summed E-state index contributed by atoms with van der Waals surface area (Å²) < 4.78 is 5.74. The molecule has 5 heteroatoms. The first-order valence-electron chi connectivity index (χ1n) is 12.0. The molecule has 172 valence electrons. The van der Waals surface area contributed by atoms with Gasteiger partial charge in [-0.1, -0.05) is 39.0 Å². The first kappa shape index (κ1) is 22.8. The van der Waals surface area contributed by atoms with Crippen molar-refractivity contribution in [2.75, 3.05) is 20.2 Å². The topological polar surface area (TPSA) is 54.5 Å². The first-order valence-corrected chi connectivity index (χ1v) is 12.0. The van der Waals surface area contributed by atoms with E-state index in [-0.39, 0.29) is 17.4 Å². The van der Waals surface area contributed by atoms with Crippen LogP contribution in [-0.2, 0) is 19.4 Å². The van der Waals surface area contributed by atoms with Gasteiger partial charge in [0.1, 0.15) is 11.4 Å². The Morgan fingerprint density at radius 3 is 2.66 bits per heavy atom. The van der Waals surface area contributed by atoms with Crippen LogP contribution in [0.5, 0.6) is 5.75 Å². The molecule has 0 spiro atoms. The number of nitrogens with zero attached hydrogens (tertiary/aromatic N) is 2. The molecule has 0 saturated heterocycles. The van der Waals surface area contributed by atoms with Gasteiger partial charge in [0.25, 0.3) is 5.91 Å². The lowest BCUT2D eigenvalue weighted by Crippen LogP contribution is -2.41. The van der Waals surface area contributed by atoms with Gasteiger partial charge in [0, 0.05) is 26.2 Å². The number of benzene rings is 1. The van der Waals surface area contributed by atoms with Crippen LogP contribution in [0.25, 0.3) is 0 Å². The van der Waals surface area contributed by atoms with E-state index in [4.69, 9.17) is 4.74 Å². The summed E-state index contributed by atoms with van der Waals surface area (Å²) in [6, 6.07) is 10.7. The van der Waals surface area contributed by atoms with E-state index in [0.29, 0.717) is 11.6 Å². The van der Waals surface area contributed by atoms with Crippen molar-refractivity contribution in [3.63, 3.8) is 0 Å². The summed E-state index contributed by atoms with van der Waals surface area (Å²) in [6.45, 7) is 9.40. The Morgan fingerprint density at radius 2 is 1.97 bits per heavy atom. The summed E-state index contributed by atoms with van der Waals surface area (Å²) in [4.78, 5) is 19.3. The van der Waals surface area contributed by atoms with E-state index in [1.54, 1.807) is 12.3 Å². The molecule has 0 aliphatic heterocycles. The number of hydrogen-bond donors (Lipinski definition) is 1. The molecule has 5 nitrogen and oxygen atoms in total. The minimum Gasteiger partial charge on any atom is -0.492 e. The van der Waals surface area contributed by atoms with Crippen LogP contribution in [0.3, 0.4) is 0 Å². The summed E-state index contributed by atoms with van der Waals surface area (Å²) in [5, 5.41) is 3.56. The zero-order valence-corrected chi connectivity index (χ0v) is 20.0. The number of carbonyl (C=O) groups excluding carboxylic acids is 1. The molecule has 2 aromatic rings. The highest BCUT2D eigenvalue weighted by molar-refractivity contribution is 5.92. The van der Waals surface area contributed by atoms with Gasteiger partial charge in [-0.05, 0) is 72.3 Å². The number of nitrogens with one attached hydrogen (secondary N) is 1. The molecule has 1 aromatic heterocycles. The van der Waals surface area contributed by atoms with E-state index >= 15 is 0 Å². The van der Waals surface area contributed by atoms with Crippen molar-refractivity contribution in [3.8, 4) is 5.75 Å². The molecule has 2 aliphatic rings. The van der Waals surface area contributed by atoms with Crippen LogP contribution >= 0.6 is 0 Å².